The van der Waals surface area contributed by atoms with E-state index in [1.807, 2.05) is 25.1 Å². The van der Waals surface area contributed by atoms with E-state index in [1.165, 1.54) is 26.4 Å². The molecule has 0 aliphatic carbocycles. The van der Waals surface area contributed by atoms with Crippen LogP contribution in [-0.4, -0.2) is 32.8 Å². The molecule has 0 atom stereocenters. The van der Waals surface area contributed by atoms with Crippen molar-refractivity contribution in [3.8, 4) is 11.5 Å². The molecule has 7 heteroatoms. The summed E-state index contributed by atoms with van der Waals surface area (Å²) in [6, 6.07) is 8.35. The highest BCUT2D eigenvalue weighted by molar-refractivity contribution is 5.86. The first kappa shape index (κ1) is 19.1. The zero-order valence-corrected chi connectivity index (χ0v) is 14.8. The first-order valence-electron chi connectivity index (χ1n) is 7.83. The Morgan fingerprint density at radius 1 is 1.12 bits per heavy atom. The highest BCUT2D eigenvalue weighted by atomic mass is 16.6. The van der Waals surface area contributed by atoms with Crippen LogP contribution in [0.25, 0.3) is 6.08 Å². The van der Waals surface area contributed by atoms with Gasteiger partial charge in [-0.1, -0.05) is 18.2 Å². The molecule has 138 valence electrons. The van der Waals surface area contributed by atoms with Crippen LogP contribution in [0.3, 0.4) is 0 Å². The normalized spacial score (nSPS) is 10.6. The van der Waals surface area contributed by atoms with Gasteiger partial charge in [-0.05, 0) is 36.8 Å². The molecule has 0 aliphatic heterocycles. The lowest BCUT2D eigenvalue weighted by molar-refractivity contribution is -0.147. The van der Waals surface area contributed by atoms with Crippen molar-refractivity contribution in [2.45, 2.75) is 13.5 Å². The van der Waals surface area contributed by atoms with E-state index < -0.39 is 11.9 Å². The van der Waals surface area contributed by atoms with Gasteiger partial charge >= 0.3 is 11.9 Å². The van der Waals surface area contributed by atoms with E-state index in [9.17, 15) is 9.59 Å². The molecule has 0 fully saturated rings. The number of allylic oxidation sites excluding steroid dienone is 1. The van der Waals surface area contributed by atoms with Crippen molar-refractivity contribution in [3.63, 3.8) is 0 Å². The van der Waals surface area contributed by atoms with E-state index in [2.05, 4.69) is 4.74 Å². The number of methoxy groups -OCH3 is 2. The van der Waals surface area contributed by atoms with Gasteiger partial charge in [-0.25, -0.2) is 9.59 Å². The number of carbonyl (C=O) groups excluding carboxylic acids is 2. The Morgan fingerprint density at radius 2 is 1.92 bits per heavy atom. The summed E-state index contributed by atoms with van der Waals surface area (Å²) in [5.74, 6) is 0.138. The molecule has 1 aromatic heterocycles. The van der Waals surface area contributed by atoms with E-state index in [4.69, 9.17) is 18.6 Å². The summed E-state index contributed by atoms with van der Waals surface area (Å²) in [7, 11) is 2.77. The van der Waals surface area contributed by atoms with Crippen molar-refractivity contribution in [1.29, 1.82) is 0 Å². The topological polar surface area (TPSA) is 84.2 Å². The molecule has 7 nitrogen and oxygen atoms in total. The molecule has 0 spiro atoms. The van der Waals surface area contributed by atoms with Gasteiger partial charge in [0.2, 0.25) is 5.76 Å². The molecular formula is C19H20O7. The number of hydrogen-bond donors (Lipinski definition) is 0. The highest BCUT2D eigenvalue weighted by Crippen LogP contribution is 2.28. The monoisotopic (exact) mass is 360 g/mol. The maximum Gasteiger partial charge on any atom is 0.373 e. The van der Waals surface area contributed by atoms with Crippen molar-refractivity contribution in [1.82, 2.24) is 0 Å². The molecule has 0 saturated heterocycles. The molecule has 0 N–H and O–H groups in total. The van der Waals surface area contributed by atoms with Crippen molar-refractivity contribution in [2.24, 2.45) is 0 Å². The van der Waals surface area contributed by atoms with Gasteiger partial charge in [-0.3, -0.25) is 0 Å². The van der Waals surface area contributed by atoms with Crippen LogP contribution in [0.2, 0.25) is 0 Å². The SMILES string of the molecule is C/C=C/c1ccc(OCC(=O)OCc2ccc(C(=O)OC)o2)c(OC)c1. The third kappa shape index (κ3) is 5.14. The summed E-state index contributed by atoms with van der Waals surface area (Å²) < 4.78 is 25.5. The van der Waals surface area contributed by atoms with Gasteiger partial charge in [0, 0.05) is 0 Å². The third-order valence-corrected chi connectivity index (χ3v) is 3.32. The average molecular weight is 360 g/mol. The molecule has 1 aromatic carbocycles. The minimum absolute atomic E-state index is 0.0424. The van der Waals surface area contributed by atoms with Gasteiger partial charge in [0.25, 0.3) is 0 Å². The van der Waals surface area contributed by atoms with Crippen LogP contribution < -0.4 is 9.47 Å². The summed E-state index contributed by atoms with van der Waals surface area (Å²) in [4.78, 5) is 23.1. The quantitative estimate of drug-likeness (QED) is 0.668. The third-order valence-electron chi connectivity index (χ3n) is 3.32. The van der Waals surface area contributed by atoms with Crippen LogP contribution in [0.4, 0.5) is 0 Å². The number of esters is 2. The Kier molecular flexibility index (Phi) is 6.84. The van der Waals surface area contributed by atoms with Crippen molar-refractivity contribution >= 4 is 18.0 Å². The predicted octanol–water partition coefficient (Wildman–Crippen LogP) is 3.23. The lowest BCUT2D eigenvalue weighted by Crippen LogP contribution is -2.15. The Hall–Kier alpha value is -3.22. The van der Waals surface area contributed by atoms with Gasteiger partial charge in [-0.15, -0.1) is 0 Å². The Morgan fingerprint density at radius 3 is 2.62 bits per heavy atom. The van der Waals surface area contributed by atoms with E-state index in [0.717, 1.165) is 5.56 Å². The molecule has 1 heterocycles. The second kappa shape index (κ2) is 9.31. The number of rotatable bonds is 8. The van der Waals surface area contributed by atoms with Crippen molar-refractivity contribution in [2.75, 3.05) is 20.8 Å². The Balaban J connectivity index is 1.87. The summed E-state index contributed by atoms with van der Waals surface area (Å²) in [5.41, 5.74) is 0.957. The predicted molar refractivity (Wildman–Crippen MR) is 93.0 cm³/mol. The van der Waals surface area contributed by atoms with Crippen LogP contribution in [0.5, 0.6) is 11.5 Å². The first-order chi connectivity index (χ1) is 12.6. The fourth-order valence-electron chi connectivity index (χ4n) is 2.10. The second-order valence-electron chi connectivity index (χ2n) is 5.12. The lowest BCUT2D eigenvalue weighted by Gasteiger charge is -2.11. The standard InChI is InChI=1S/C19H20O7/c1-4-5-13-6-8-15(17(10-13)22-2)24-12-18(20)25-11-14-7-9-16(26-14)19(21)23-3/h4-10H,11-12H2,1-3H3/b5-4+. The van der Waals surface area contributed by atoms with Crippen LogP contribution in [-0.2, 0) is 20.9 Å². The second-order valence-corrected chi connectivity index (χ2v) is 5.12. The molecule has 0 amide bonds. The number of ether oxygens (including phenoxy) is 4. The lowest BCUT2D eigenvalue weighted by atomic mass is 10.2. The average Bonchev–Trinajstić information content (AvgIpc) is 3.13. The summed E-state index contributed by atoms with van der Waals surface area (Å²) in [6.07, 6.45) is 3.83. The van der Waals surface area contributed by atoms with Crippen molar-refractivity contribution in [3.05, 3.63) is 53.5 Å². The molecule has 0 radical (unpaired) electrons. The molecule has 0 bridgehead atoms. The zero-order valence-electron chi connectivity index (χ0n) is 14.8. The molecule has 0 aliphatic rings. The van der Waals surface area contributed by atoms with Crippen LogP contribution in [0.1, 0.15) is 28.8 Å². The number of hydrogen-bond acceptors (Lipinski definition) is 7. The van der Waals surface area contributed by atoms with Gasteiger partial charge in [0.1, 0.15) is 12.4 Å². The van der Waals surface area contributed by atoms with Gasteiger partial charge in [-0.2, -0.15) is 0 Å². The van der Waals surface area contributed by atoms with E-state index >= 15 is 0 Å². The fraction of sp³-hybridized carbons (Fsp3) is 0.263. The molecule has 2 rings (SSSR count). The molecule has 0 saturated carbocycles. The Labute approximate surface area is 151 Å². The zero-order chi connectivity index (χ0) is 18.9. The maximum atomic E-state index is 11.8. The highest BCUT2D eigenvalue weighted by Gasteiger charge is 2.13. The minimum Gasteiger partial charge on any atom is -0.493 e. The Bertz CT molecular complexity index is 789. The van der Waals surface area contributed by atoms with Gasteiger partial charge < -0.3 is 23.4 Å². The summed E-state index contributed by atoms with van der Waals surface area (Å²) >= 11 is 0. The maximum absolute atomic E-state index is 11.8. The van der Waals surface area contributed by atoms with Crippen LogP contribution >= 0.6 is 0 Å². The molecule has 26 heavy (non-hydrogen) atoms. The first-order valence-corrected chi connectivity index (χ1v) is 7.83. The van der Waals surface area contributed by atoms with Gasteiger partial charge in [0.15, 0.2) is 18.1 Å². The number of carbonyl (C=O) groups is 2. The number of benzene rings is 1. The summed E-state index contributed by atoms with van der Waals surface area (Å²) in [5, 5.41) is 0. The molecule has 0 unspecified atom stereocenters. The van der Waals surface area contributed by atoms with E-state index in [-0.39, 0.29) is 19.0 Å². The van der Waals surface area contributed by atoms with E-state index in [1.54, 1.807) is 12.1 Å². The van der Waals surface area contributed by atoms with E-state index in [0.29, 0.717) is 17.3 Å². The summed E-state index contributed by atoms with van der Waals surface area (Å²) in [6.45, 7) is 1.51. The number of furan rings is 1. The largest absolute Gasteiger partial charge is 0.493 e. The minimum atomic E-state index is -0.598. The fourth-order valence-corrected chi connectivity index (χ4v) is 2.10. The molecular weight excluding hydrogens is 340 g/mol. The smallest absolute Gasteiger partial charge is 0.373 e. The van der Waals surface area contributed by atoms with Crippen LogP contribution in [0.15, 0.2) is 40.8 Å². The molecule has 2 aromatic rings. The van der Waals surface area contributed by atoms with Crippen LogP contribution in [0, 0.1) is 0 Å². The van der Waals surface area contributed by atoms with Crippen molar-refractivity contribution < 1.29 is 33.0 Å². The van der Waals surface area contributed by atoms with Gasteiger partial charge in [0.05, 0.1) is 14.2 Å².